The highest BCUT2D eigenvalue weighted by Crippen LogP contribution is 2.32. The molecule has 156 valence electrons. The number of sulfonamides is 1. The predicted octanol–water partition coefficient (Wildman–Crippen LogP) is 2.74. The first-order chi connectivity index (χ1) is 13.7. The van der Waals surface area contributed by atoms with Gasteiger partial charge in [0.05, 0.1) is 18.6 Å². The number of ether oxygens (including phenoxy) is 1. The lowest BCUT2D eigenvalue weighted by molar-refractivity contribution is -0.117. The first-order valence-electron chi connectivity index (χ1n) is 9.51. The summed E-state index contributed by atoms with van der Waals surface area (Å²) in [5, 5.41) is 8.11. The maximum Gasteiger partial charge on any atom is 0.238 e. The highest BCUT2D eigenvalue weighted by atomic mass is 32.2. The number of rotatable bonds is 6. The molecule has 1 heterocycles. The van der Waals surface area contributed by atoms with E-state index in [-0.39, 0.29) is 23.4 Å². The largest absolute Gasteiger partial charge is 0.497 e. The molecule has 1 fully saturated rings. The van der Waals surface area contributed by atoms with E-state index < -0.39 is 10.0 Å². The zero-order chi connectivity index (χ0) is 21.2. The number of nitrogens with zero attached hydrogens (tertiary/aromatic N) is 1. The number of primary sulfonamides is 1. The van der Waals surface area contributed by atoms with Crippen molar-refractivity contribution in [1.82, 2.24) is 4.90 Å². The highest BCUT2D eigenvalue weighted by molar-refractivity contribution is 7.89. The third-order valence-corrected chi connectivity index (χ3v) is 6.35. The van der Waals surface area contributed by atoms with E-state index in [1.807, 2.05) is 31.2 Å². The number of carbonyl (C=O) groups excluding carboxylic acids is 1. The van der Waals surface area contributed by atoms with E-state index in [4.69, 9.17) is 9.88 Å². The van der Waals surface area contributed by atoms with Crippen molar-refractivity contribution in [3.8, 4) is 5.75 Å². The van der Waals surface area contributed by atoms with Gasteiger partial charge in [-0.15, -0.1) is 0 Å². The standard InChI is InChI=1S/C21H27N3O4S/c1-14-11-18(29(22,26)27)12-19(15(14)2)23-21(25)13-24-10-4-5-20(24)16-6-8-17(28-3)9-7-16/h6-9,11-12,20H,4-5,10,13H2,1-3H3,(H,23,25)(H2,22,26,27). The molecule has 8 heteroatoms. The molecule has 0 aromatic heterocycles. The van der Waals surface area contributed by atoms with Crippen LogP contribution in [0.2, 0.25) is 0 Å². The SMILES string of the molecule is COc1ccc(C2CCCN2CC(=O)Nc2cc(S(N)(=O)=O)cc(C)c2C)cc1. The Bertz CT molecular complexity index is 1000. The van der Waals surface area contributed by atoms with Gasteiger partial charge in [0.25, 0.3) is 0 Å². The molecule has 3 rings (SSSR count). The van der Waals surface area contributed by atoms with Crippen LogP contribution in [-0.4, -0.2) is 39.4 Å². The van der Waals surface area contributed by atoms with Crippen molar-refractivity contribution in [2.24, 2.45) is 5.14 Å². The molecule has 1 amide bonds. The molecule has 1 aliphatic rings. The van der Waals surface area contributed by atoms with E-state index >= 15 is 0 Å². The minimum Gasteiger partial charge on any atom is -0.497 e. The average Bonchev–Trinajstić information content (AvgIpc) is 3.12. The summed E-state index contributed by atoms with van der Waals surface area (Å²) in [6.07, 6.45) is 2.00. The van der Waals surface area contributed by atoms with Gasteiger partial charge in [-0.3, -0.25) is 9.69 Å². The first kappa shape index (κ1) is 21.3. The number of likely N-dealkylation sites (tertiary alicyclic amines) is 1. The second kappa shape index (κ2) is 8.52. The van der Waals surface area contributed by atoms with Gasteiger partial charge < -0.3 is 10.1 Å². The molecule has 3 N–H and O–H groups in total. The zero-order valence-corrected chi connectivity index (χ0v) is 17.8. The van der Waals surface area contributed by atoms with E-state index in [0.29, 0.717) is 5.69 Å². The fourth-order valence-electron chi connectivity index (χ4n) is 3.71. The number of anilines is 1. The summed E-state index contributed by atoms with van der Waals surface area (Å²) in [5.41, 5.74) is 3.20. The molecule has 0 saturated carbocycles. The fourth-order valence-corrected chi connectivity index (χ4v) is 4.34. The number of benzene rings is 2. The molecule has 0 spiro atoms. The van der Waals surface area contributed by atoms with E-state index in [0.717, 1.165) is 41.8 Å². The topological polar surface area (TPSA) is 102 Å². The summed E-state index contributed by atoms with van der Waals surface area (Å²) in [6.45, 7) is 4.70. The van der Waals surface area contributed by atoms with Crippen LogP contribution in [0, 0.1) is 13.8 Å². The van der Waals surface area contributed by atoms with E-state index in [2.05, 4.69) is 10.2 Å². The fraction of sp³-hybridized carbons (Fsp3) is 0.381. The van der Waals surface area contributed by atoms with Crippen molar-refractivity contribution in [3.05, 3.63) is 53.1 Å². The van der Waals surface area contributed by atoms with Gasteiger partial charge in [-0.05, 0) is 74.2 Å². The van der Waals surface area contributed by atoms with Crippen molar-refractivity contribution in [3.63, 3.8) is 0 Å². The first-order valence-corrected chi connectivity index (χ1v) is 11.1. The Morgan fingerprint density at radius 2 is 1.93 bits per heavy atom. The van der Waals surface area contributed by atoms with Gasteiger partial charge in [0.15, 0.2) is 0 Å². The van der Waals surface area contributed by atoms with Crippen LogP contribution in [0.25, 0.3) is 0 Å². The number of aryl methyl sites for hydroxylation is 1. The Hall–Kier alpha value is -2.42. The van der Waals surface area contributed by atoms with Gasteiger partial charge >= 0.3 is 0 Å². The van der Waals surface area contributed by atoms with Crippen LogP contribution in [-0.2, 0) is 14.8 Å². The summed E-state index contributed by atoms with van der Waals surface area (Å²) in [7, 11) is -2.21. The molecular formula is C21H27N3O4S. The predicted molar refractivity (Wildman–Crippen MR) is 112 cm³/mol. The molecule has 1 atom stereocenters. The normalized spacial score (nSPS) is 17.3. The molecule has 2 aromatic carbocycles. The number of nitrogens with one attached hydrogen (secondary N) is 1. The molecule has 2 aromatic rings. The quantitative estimate of drug-likeness (QED) is 0.752. The number of hydrogen-bond donors (Lipinski definition) is 2. The van der Waals surface area contributed by atoms with Crippen molar-refractivity contribution in [2.75, 3.05) is 25.5 Å². The Balaban J connectivity index is 1.74. The maximum absolute atomic E-state index is 12.7. The molecule has 7 nitrogen and oxygen atoms in total. The van der Waals surface area contributed by atoms with E-state index in [1.54, 1.807) is 14.0 Å². The summed E-state index contributed by atoms with van der Waals surface area (Å²) in [6, 6.07) is 11.0. The van der Waals surface area contributed by atoms with Gasteiger partial charge in [0.1, 0.15) is 5.75 Å². The van der Waals surface area contributed by atoms with Gasteiger partial charge in [0.2, 0.25) is 15.9 Å². The summed E-state index contributed by atoms with van der Waals surface area (Å²) < 4.78 is 28.6. The molecular weight excluding hydrogens is 390 g/mol. The Morgan fingerprint density at radius 3 is 2.55 bits per heavy atom. The van der Waals surface area contributed by atoms with Crippen LogP contribution < -0.4 is 15.2 Å². The van der Waals surface area contributed by atoms with Crippen LogP contribution in [0.3, 0.4) is 0 Å². The minimum absolute atomic E-state index is 0.00631. The second-order valence-electron chi connectivity index (χ2n) is 7.41. The molecule has 1 saturated heterocycles. The van der Waals surface area contributed by atoms with Crippen molar-refractivity contribution < 1.29 is 17.9 Å². The van der Waals surface area contributed by atoms with Crippen LogP contribution in [0.5, 0.6) is 5.75 Å². The summed E-state index contributed by atoms with van der Waals surface area (Å²) >= 11 is 0. The summed E-state index contributed by atoms with van der Waals surface area (Å²) in [4.78, 5) is 14.9. The Labute approximate surface area is 171 Å². The number of nitrogens with two attached hydrogens (primary N) is 1. The van der Waals surface area contributed by atoms with Crippen molar-refractivity contribution in [2.45, 2.75) is 37.6 Å². The Kier molecular flexibility index (Phi) is 6.26. The van der Waals surface area contributed by atoms with E-state index in [9.17, 15) is 13.2 Å². The molecule has 1 unspecified atom stereocenters. The Morgan fingerprint density at radius 1 is 1.24 bits per heavy atom. The lowest BCUT2D eigenvalue weighted by Gasteiger charge is -2.24. The van der Waals surface area contributed by atoms with Crippen molar-refractivity contribution >= 4 is 21.6 Å². The van der Waals surface area contributed by atoms with Gasteiger partial charge in [-0.25, -0.2) is 13.6 Å². The molecule has 0 aliphatic carbocycles. The van der Waals surface area contributed by atoms with Crippen LogP contribution in [0.15, 0.2) is 41.3 Å². The van der Waals surface area contributed by atoms with Gasteiger partial charge in [-0.1, -0.05) is 12.1 Å². The molecule has 0 bridgehead atoms. The number of amides is 1. The van der Waals surface area contributed by atoms with Gasteiger partial charge in [0, 0.05) is 11.7 Å². The average molecular weight is 418 g/mol. The summed E-state index contributed by atoms with van der Waals surface area (Å²) in [5.74, 6) is 0.621. The smallest absolute Gasteiger partial charge is 0.238 e. The monoisotopic (exact) mass is 417 g/mol. The van der Waals surface area contributed by atoms with Crippen LogP contribution in [0.1, 0.15) is 35.6 Å². The van der Waals surface area contributed by atoms with E-state index in [1.165, 1.54) is 12.1 Å². The number of hydrogen-bond acceptors (Lipinski definition) is 5. The molecule has 0 radical (unpaired) electrons. The highest BCUT2D eigenvalue weighted by Gasteiger charge is 2.28. The third-order valence-electron chi connectivity index (χ3n) is 5.45. The van der Waals surface area contributed by atoms with Gasteiger partial charge in [-0.2, -0.15) is 0 Å². The number of carbonyl (C=O) groups is 1. The third kappa shape index (κ3) is 4.95. The molecule has 29 heavy (non-hydrogen) atoms. The maximum atomic E-state index is 12.7. The lowest BCUT2D eigenvalue weighted by atomic mass is 10.0. The van der Waals surface area contributed by atoms with Crippen LogP contribution in [0.4, 0.5) is 5.69 Å². The molecule has 1 aliphatic heterocycles. The van der Waals surface area contributed by atoms with Crippen molar-refractivity contribution in [1.29, 1.82) is 0 Å². The zero-order valence-electron chi connectivity index (χ0n) is 16.9. The van der Waals surface area contributed by atoms with Crippen LogP contribution >= 0.6 is 0 Å². The second-order valence-corrected chi connectivity index (χ2v) is 8.97. The minimum atomic E-state index is -3.85. The lowest BCUT2D eigenvalue weighted by Crippen LogP contribution is -2.33. The number of methoxy groups -OCH3 is 1.